The van der Waals surface area contributed by atoms with E-state index in [0.29, 0.717) is 16.0 Å². The first kappa shape index (κ1) is 17.8. The number of para-hydroxylation sites is 1. The minimum absolute atomic E-state index is 0.180. The third kappa shape index (κ3) is 3.65. The molecular weight excluding hydrogens is 342 g/mol. The van der Waals surface area contributed by atoms with Crippen LogP contribution in [0.15, 0.2) is 72.8 Å². The Morgan fingerprint density at radius 1 is 1.04 bits per heavy atom. The first-order valence-electron chi connectivity index (χ1n) is 8.25. The minimum Gasteiger partial charge on any atom is -0.496 e. The van der Waals surface area contributed by atoms with Gasteiger partial charge in [-0.25, -0.2) is 0 Å². The van der Waals surface area contributed by atoms with Gasteiger partial charge in [0.1, 0.15) is 10.4 Å². The summed E-state index contributed by atoms with van der Waals surface area (Å²) in [6.45, 7) is 1.94. The smallest absolute Gasteiger partial charge is 0.192 e. The lowest BCUT2D eigenvalue weighted by molar-refractivity contribution is 0.104. The van der Waals surface area contributed by atoms with E-state index in [1.807, 2.05) is 78.2 Å². The normalized spacial score (nSPS) is 10.8. The van der Waals surface area contributed by atoms with Crippen molar-refractivity contribution in [3.63, 3.8) is 0 Å². The summed E-state index contributed by atoms with van der Waals surface area (Å²) >= 11 is 5.65. The Labute approximate surface area is 158 Å². The van der Waals surface area contributed by atoms with Gasteiger partial charge in [0.25, 0.3) is 0 Å². The summed E-state index contributed by atoms with van der Waals surface area (Å²) < 4.78 is 7.77. The summed E-state index contributed by atoms with van der Waals surface area (Å²) in [6, 6.07) is 21.3. The standard InChI is InChI=1S/C22H19NO2S/c1-16-15-20(25-2)21(19(24)14-13-17-9-5-3-6-10-17)22(26)23(16)18-11-7-4-8-12-18/h3-15H,1-2H3/b14-13+. The van der Waals surface area contributed by atoms with Crippen LogP contribution in [0, 0.1) is 11.6 Å². The van der Waals surface area contributed by atoms with E-state index in [9.17, 15) is 4.79 Å². The summed E-state index contributed by atoms with van der Waals surface area (Å²) in [4.78, 5) is 12.9. The summed E-state index contributed by atoms with van der Waals surface area (Å²) in [5.74, 6) is 0.308. The summed E-state index contributed by atoms with van der Waals surface area (Å²) in [5.41, 5.74) is 3.17. The zero-order valence-corrected chi connectivity index (χ0v) is 15.5. The van der Waals surface area contributed by atoms with E-state index >= 15 is 0 Å². The maximum Gasteiger partial charge on any atom is 0.192 e. The Hall–Kier alpha value is -2.98. The lowest BCUT2D eigenvalue weighted by atomic mass is 10.1. The average Bonchev–Trinajstić information content (AvgIpc) is 2.67. The fourth-order valence-electron chi connectivity index (χ4n) is 2.81. The molecule has 0 bridgehead atoms. The molecular formula is C22H19NO2S. The van der Waals surface area contributed by atoms with Gasteiger partial charge in [0, 0.05) is 17.4 Å². The number of nitrogens with zero attached hydrogens (tertiary/aromatic N) is 1. The van der Waals surface area contributed by atoms with Gasteiger partial charge < -0.3 is 9.30 Å². The highest BCUT2D eigenvalue weighted by molar-refractivity contribution is 7.71. The first-order chi connectivity index (χ1) is 12.6. The van der Waals surface area contributed by atoms with Crippen molar-refractivity contribution < 1.29 is 9.53 Å². The molecule has 0 fully saturated rings. The van der Waals surface area contributed by atoms with Crippen LogP contribution in [0.3, 0.4) is 0 Å². The van der Waals surface area contributed by atoms with Crippen LogP contribution in [0.4, 0.5) is 0 Å². The van der Waals surface area contributed by atoms with Gasteiger partial charge in [-0.15, -0.1) is 0 Å². The predicted molar refractivity (Wildman–Crippen MR) is 108 cm³/mol. The van der Waals surface area contributed by atoms with Crippen LogP contribution >= 0.6 is 12.2 Å². The van der Waals surface area contributed by atoms with Crippen LogP contribution in [0.2, 0.25) is 0 Å². The second-order valence-electron chi connectivity index (χ2n) is 5.81. The molecule has 0 amide bonds. The molecule has 0 saturated carbocycles. The van der Waals surface area contributed by atoms with Crippen molar-refractivity contribution in [1.82, 2.24) is 4.57 Å². The van der Waals surface area contributed by atoms with Crippen LogP contribution in [-0.2, 0) is 0 Å². The van der Waals surface area contributed by atoms with Gasteiger partial charge in [-0.05, 0) is 30.7 Å². The maximum absolute atomic E-state index is 12.9. The van der Waals surface area contributed by atoms with Crippen LogP contribution in [0.5, 0.6) is 5.75 Å². The third-order valence-corrected chi connectivity index (χ3v) is 4.45. The number of hydrogen-bond donors (Lipinski definition) is 0. The molecule has 0 spiro atoms. The van der Waals surface area contributed by atoms with Gasteiger partial charge in [0.2, 0.25) is 0 Å². The number of aromatic nitrogens is 1. The number of pyridine rings is 1. The molecule has 0 aliphatic carbocycles. The van der Waals surface area contributed by atoms with E-state index in [1.54, 1.807) is 13.2 Å². The van der Waals surface area contributed by atoms with E-state index in [4.69, 9.17) is 17.0 Å². The van der Waals surface area contributed by atoms with Gasteiger partial charge in [0.05, 0.1) is 12.7 Å². The highest BCUT2D eigenvalue weighted by Gasteiger charge is 2.17. The van der Waals surface area contributed by atoms with E-state index < -0.39 is 0 Å². The fraction of sp³-hybridized carbons (Fsp3) is 0.0909. The van der Waals surface area contributed by atoms with Gasteiger partial charge in [-0.3, -0.25) is 4.79 Å². The van der Waals surface area contributed by atoms with Gasteiger partial charge >= 0.3 is 0 Å². The maximum atomic E-state index is 12.9. The highest BCUT2D eigenvalue weighted by Crippen LogP contribution is 2.26. The molecule has 0 atom stereocenters. The van der Waals surface area contributed by atoms with Crippen LogP contribution < -0.4 is 4.74 Å². The van der Waals surface area contributed by atoms with E-state index in [2.05, 4.69) is 0 Å². The molecule has 1 aromatic heterocycles. The Kier molecular flexibility index (Phi) is 5.44. The SMILES string of the molecule is COc1cc(C)n(-c2ccccc2)c(=S)c1C(=O)/C=C/c1ccccc1. The predicted octanol–water partition coefficient (Wildman–Crippen LogP) is 5.42. The van der Waals surface area contributed by atoms with Gasteiger partial charge in [0.15, 0.2) is 5.78 Å². The van der Waals surface area contributed by atoms with Crippen molar-refractivity contribution in [2.24, 2.45) is 0 Å². The molecule has 0 aliphatic heterocycles. The number of rotatable bonds is 5. The number of carbonyl (C=O) groups excluding carboxylic acids is 1. The molecule has 0 saturated heterocycles. The molecule has 0 radical (unpaired) electrons. The van der Waals surface area contributed by atoms with Crippen molar-refractivity contribution >= 4 is 24.1 Å². The van der Waals surface area contributed by atoms with Crippen molar-refractivity contribution in [1.29, 1.82) is 0 Å². The van der Waals surface area contributed by atoms with Crippen LogP contribution in [0.1, 0.15) is 21.6 Å². The molecule has 0 aliphatic rings. The molecule has 3 aromatic rings. The Morgan fingerprint density at radius 3 is 2.27 bits per heavy atom. The second-order valence-corrected chi connectivity index (χ2v) is 6.20. The molecule has 1 heterocycles. The lowest BCUT2D eigenvalue weighted by Crippen LogP contribution is -2.10. The number of methoxy groups -OCH3 is 1. The van der Waals surface area contributed by atoms with Crippen LogP contribution in [-0.4, -0.2) is 17.5 Å². The van der Waals surface area contributed by atoms with Crippen molar-refractivity contribution in [2.45, 2.75) is 6.92 Å². The molecule has 4 heteroatoms. The molecule has 0 unspecified atom stereocenters. The number of ketones is 1. The van der Waals surface area contributed by atoms with Crippen molar-refractivity contribution in [2.75, 3.05) is 7.11 Å². The van der Waals surface area contributed by atoms with E-state index in [-0.39, 0.29) is 5.78 Å². The molecule has 3 rings (SSSR count). The Morgan fingerprint density at radius 2 is 1.65 bits per heavy atom. The Bertz CT molecular complexity index is 1010. The topological polar surface area (TPSA) is 31.2 Å². The number of benzene rings is 2. The number of carbonyl (C=O) groups is 1. The zero-order chi connectivity index (χ0) is 18.5. The average molecular weight is 361 g/mol. The number of allylic oxidation sites excluding steroid dienone is 1. The molecule has 3 nitrogen and oxygen atoms in total. The third-order valence-electron chi connectivity index (χ3n) is 4.06. The second kappa shape index (κ2) is 7.93. The van der Waals surface area contributed by atoms with E-state index in [1.165, 1.54) is 6.08 Å². The zero-order valence-electron chi connectivity index (χ0n) is 14.7. The molecule has 2 aromatic carbocycles. The van der Waals surface area contributed by atoms with Gasteiger partial charge in [-0.1, -0.05) is 66.8 Å². The van der Waals surface area contributed by atoms with Crippen LogP contribution in [0.25, 0.3) is 11.8 Å². The summed E-state index contributed by atoms with van der Waals surface area (Å²) in [5, 5.41) is 0. The van der Waals surface area contributed by atoms with Crippen molar-refractivity contribution in [3.8, 4) is 11.4 Å². The number of ether oxygens (including phenoxy) is 1. The Balaban J connectivity index is 2.10. The molecule has 130 valence electrons. The monoisotopic (exact) mass is 361 g/mol. The minimum atomic E-state index is -0.180. The lowest BCUT2D eigenvalue weighted by Gasteiger charge is -2.16. The summed E-state index contributed by atoms with van der Waals surface area (Å²) in [6.07, 6.45) is 3.32. The van der Waals surface area contributed by atoms with Crippen molar-refractivity contribution in [3.05, 3.63) is 94.3 Å². The fourth-order valence-corrected chi connectivity index (χ4v) is 3.26. The van der Waals surface area contributed by atoms with Gasteiger partial charge in [-0.2, -0.15) is 0 Å². The molecule has 26 heavy (non-hydrogen) atoms. The quantitative estimate of drug-likeness (QED) is 0.345. The number of hydrogen-bond acceptors (Lipinski definition) is 3. The summed E-state index contributed by atoms with van der Waals surface area (Å²) in [7, 11) is 1.55. The highest BCUT2D eigenvalue weighted by atomic mass is 32.1. The first-order valence-corrected chi connectivity index (χ1v) is 8.66. The van der Waals surface area contributed by atoms with E-state index in [0.717, 1.165) is 16.9 Å². The largest absolute Gasteiger partial charge is 0.496 e. The number of aryl methyl sites for hydroxylation is 1. The molecule has 0 N–H and O–H groups in total.